The Morgan fingerprint density at radius 3 is 3.18 bits per heavy atom. The summed E-state index contributed by atoms with van der Waals surface area (Å²) in [4.78, 5) is 19.7. The Morgan fingerprint density at radius 1 is 1.45 bits per heavy atom. The molecule has 0 saturated heterocycles. The Labute approximate surface area is 127 Å². The zero-order valence-electron chi connectivity index (χ0n) is 12.4. The van der Waals surface area contributed by atoms with Crippen molar-refractivity contribution in [1.29, 1.82) is 0 Å². The normalized spacial score (nSPS) is 13.5. The number of rotatable bonds is 3. The molecule has 2 aromatic heterocycles. The van der Waals surface area contributed by atoms with Gasteiger partial charge in [-0.3, -0.25) is 9.48 Å². The van der Waals surface area contributed by atoms with E-state index >= 15 is 0 Å². The number of imidazole rings is 1. The fourth-order valence-corrected chi connectivity index (χ4v) is 3.08. The average molecular weight is 295 g/mol. The number of aromatic amines is 1. The van der Waals surface area contributed by atoms with E-state index in [1.54, 1.807) is 6.33 Å². The highest BCUT2D eigenvalue weighted by Crippen LogP contribution is 2.27. The first kappa shape index (κ1) is 13.1. The van der Waals surface area contributed by atoms with Crippen LogP contribution in [0, 0.1) is 6.92 Å². The van der Waals surface area contributed by atoms with Crippen LogP contribution in [0.1, 0.15) is 33.9 Å². The second kappa shape index (κ2) is 4.98. The van der Waals surface area contributed by atoms with Crippen molar-refractivity contribution in [3.05, 3.63) is 47.2 Å². The minimum atomic E-state index is -0.148. The van der Waals surface area contributed by atoms with Crippen LogP contribution in [0.4, 0.5) is 0 Å². The number of hydrogen-bond donors (Lipinski definition) is 2. The molecular formula is C16H17N5O. The highest BCUT2D eigenvalue weighted by atomic mass is 16.1. The average Bonchev–Trinajstić information content (AvgIpc) is 3.11. The molecule has 6 heteroatoms. The summed E-state index contributed by atoms with van der Waals surface area (Å²) in [5, 5.41) is 8.37. The summed E-state index contributed by atoms with van der Waals surface area (Å²) in [5.41, 5.74) is 4.71. The van der Waals surface area contributed by atoms with Crippen LogP contribution in [0.15, 0.2) is 24.5 Å². The van der Waals surface area contributed by atoms with Gasteiger partial charge in [0.05, 0.1) is 24.1 Å². The lowest BCUT2D eigenvalue weighted by Gasteiger charge is -2.12. The van der Waals surface area contributed by atoms with E-state index in [1.165, 1.54) is 5.56 Å². The third-order valence-electron chi connectivity index (χ3n) is 4.24. The van der Waals surface area contributed by atoms with Gasteiger partial charge in [0.15, 0.2) is 5.69 Å². The molecule has 6 nitrogen and oxygen atoms in total. The van der Waals surface area contributed by atoms with E-state index in [9.17, 15) is 4.79 Å². The van der Waals surface area contributed by atoms with E-state index in [-0.39, 0.29) is 5.91 Å². The molecule has 0 unspecified atom stereocenters. The lowest BCUT2D eigenvalue weighted by atomic mass is 10.0. The number of nitrogens with zero attached hydrogens (tertiary/aromatic N) is 3. The minimum Gasteiger partial charge on any atom is -0.348 e. The predicted molar refractivity (Wildman–Crippen MR) is 82.5 cm³/mol. The maximum atomic E-state index is 12.5. The number of H-pyrrole nitrogens is 1. The number of aromatic nitrogens is 4. The van der Waals surface area contributed by atoms with Gasteiger partial charge in [0.1, 0.15) is 0 Å². The molecule has 0 aliphatic carbocycles. The second-order valence-electron chi connectivity index (χ2n) is 5.65. The third-order valence-corrected chi connectivity index (χ3v) is 4.24. The van der Waals surface area contributed by atoms with Gasteiger partial charge in [0.25, 0.3) is 5.91 Å². The number of para-hydroxylation sites is 1. The molecular weight excluding hydrogens is 278 g/mol. The Morgan fingerprint density at radius 2 is 2.36 bits per heavy atom. The van der Waals surface area contributed by atoms with Crippen molar-refractivity contribution in [1.82, 2.24) is 25.1 Å². The number of carbonyl (C=O) groups excluding carboxylic acids is 1. The zero-order valence-corrected chi connectivity index (χ0v) is 12.4. The number of amides is 1. The van der Waals surface area contributed by atoms with Crippen molar-refractivity contribution in [3.63, 3.8) is 0 Å². The summed E-state index contributed by atoms with van der Waals surface area (Å²) >= 11 is 0. The quantitative estimate of drug-likeness (QED) is 0.775. The molecule has 22 heavy (non-hydrogen) atoms. The Bertz CT molecular complexity index is 861. The lowest BCUT2D eigenvalue weighted by Crippen LogP contribution is -2.24. The SMILES string of the molecule is Cc1[nH]cnc1CNC(=O)c1nn2c3c(cccc13)CCC2. The largest absolute Gasteiger partial charge is 0.348 e. The van der Waals surface area contributed by atoms with E-state index in [2.05, 4.69) is 26.4 Å². The minimum absolute atomic E-state index is 0.148. The molecule has 0 fully saturated rings. The summed E-state index contributed by atoms with van der Waals surface area (Å²) in [5.74, 6) is -0.148. The highest BCUT2D eigenvalue weighted by molar-refractivity contribution is 6.05. The number of aryl methyl sites for hydroxylation is 3. The maximum Gasteiger partial charge on any atom is 0.272 e. The van der Waals surface area contributed by atoms with Crippen LogP contribution >= 0.6 is 0 Å². The number of carbonyl (C=O) groups is 1. The molecule has 1 aliphatic heterocycles. The van der Waals surface area contributed by atoms with Gasteiger partial charge in [-0.25, -0.2) is 4.98 Å². The van der Waals surface area contributed by atoms with Gasteiger partial charge in [-0.05, 0) is 25.3 Å². The molecule has 1 aliphatic rings. The van der Waals surface area contributed by atoms with Gasteiger partial charge < -0.3 is 10.3 Å². The molecule has 0 atom stereocenters. The summed E-state index contributed by atoms with van der Waals surface area (Å²) in [6.45, 7) is 3.22. The van der Waals surface area contributed by atoms with Crippen LogP contribution in [-0.2, 0) is 19.5 Å². The second-order valence-corrected chi connectivity index (χ2v) is 5.65. The van der Waals surface area contributed by atoms with Gasteiger partial charge >= 0.3 is 0 Å². The van der Waals surface area contributed by atoms with E-state index in [0.29, 0.717) is 12.2 Å². The Balaban J connectivity index is 1.65. The van der Waals surface area contributed by atoms with Crippen molar-refractivity contribution in [2.75, 3.05) is 0 Å². The smallest absolute Gasteiger partial charge is 0.272 e. The van der Waals surface area contributed by atoms with Crippen LogP contribution in [0.5, 0.6) is 0 Å². The first-order valence-corrected chi connectivity index (χ1v) is 7.49. The maximum absolute atomic E-state index is 12.5. The summed E-state index contributed by atoms with van der Waals surface area (Å²) < 4.78 is 1.96. The Kier molecular flexibility index (Phi) is 2.96. The van der Waals surface area contributed by atoms with Crippen LogP contribution in [0.2, 0.25) is 0 Å². The van der Waals surface area contributed by atoms with Gasteiger partial charge in [-0.2, -0.15) is 5.10 Å². The molecule has 3 aromatic rings. The van der Waals surface area contributed by atoms with Crippen molar-refractivity contribution in [2.45, 2.75) is 32.9 Å². The van der Waals surface area contributed by atoms with E-state index in [0.717, 1.165) is 41.7 Å². The standard InChI is InChI=1S/C16H17N5O/c1-10-13(19-9-18-10)8-17-16(22)14-12-6-2-4-11-5-3-7-21(20-14)15(11)12/h2,4,6,9H,3,5,7-8H2,1H3,(H,17,22)(H,18,19). The Hall–Kier alpha value is -2.63. The van der Waals surface area contributed by atoms with Crippen molar-refractivity contribution in [2.24, 2.45) is 0 Å². The fourth-order valence-electron chi connectivity index (χ4n) is 3.08. The molecule has 0 radical (unpaired) electrons. The van der Waals surface area contributed by atoms with Gasteiger partial charge in [0, 0.05) is 17.6 Å². The molecule has 0 bridgehead atoms. The summed E-state index contributed by atoms with van der Waals surface area (Å²) in [6.07, 6.45) is 3.76. The van der Waals surface area contributed by atoms with Crippen LogP contribution in [-0.4, -0.2) is 25.7 Å². The molecule has 0 saturated carbocycles. The zero-order chi connectivity index (χ0) is 15.1. The first-order valence-electron chi connectivity index (χ1n) is 7.49. The molecule has 3 heterocycles. The van der Waals surface area contributed by atoms with Crippen molar-refractivity contribution < 1.29 is 4.79 Å². The van der Waals surface area contributed by atoms with Crippen LogP contribution < -0.4 is 5.32 Å². The van der Waals surface area contributed by atoms with Gasteiger partial charge in [0.2, 0.25) is 0 Å². The van der Waals surface area contributed by atoms with E-state index < -0.39 is 0 Å². The topological polar surface area (TPSA) is 75.6 Å². The van der Waals surface area contributed by atoms with Crippen molar-refractivity contribution >= 4 is 16.8 Å². The first-order chi connectivity index (χ1) is 10.7. The van der Waals surface area contributed by atoms with Gasteiger partial charge in [-0.1, -0.05) is 18.2 Å². The number of hydrogen-bond acceptors (Lipinski definition) is 3. The summed E-state index contributed by atoms with van der Waals surface area (Å²) in [7, 11) is 0. The fraction of sp³-hybridized carbons (Fsp3) is 0.312. The van der Waals surface area contributed by atoms with Crippen LogP contribution in [0.25, 0.3) is 10.9 Å². The predicted octanol–water partition coefficient (Wildman–Crippen LogP) is 1.94. The summed E-state index contributed by atoms with van der Waals surface area (Å²) in [6, 6.07) is 6.10. The molecule has 0 spiro atoms. The molecule has 2 N–H and O–H groups in total. The molecule has 4 rings (SSSR count). The monoisotopic (exact) mass is 295 g/mol. The van der Waals surface area contributed by atoms with E-state index in [4.69, 9.17) is 0 Å². The molecule has 1 aromatic carbocycles. The third kappa shape index (κ3) is 1.99. The van der Waals surface area contributed by atoms with Gasteiger partial charge in [-0.15, -0.1) is 0 Å². The lowest BCUT2D eigenvalue weighted by molar-refractivity contribution is 0.0946. The van der Waals surface area contributed by atoms with E-state index in [1.807, 2.05) is 23.7 Å². The molecule has 112 valence electrons. The van der Waals surface area contributed by atoms with Crippen LogP contribution in [0.3, 0.4) is 0 Å². The van der Waals surface area contributed by atoms with Crippen molar-refractivity contribution in [3.8, 4) is 0 Å². The highest BCUT2D eigenvalue weighted by Gasteiger charge is 2.21. The number of benzene rings is 1. The number of nitrogens with one attached hydrogen (secondary N) is 2. The molecule has 1 amide bonds.